The number of ether oxygens (including phenoxy) is 1. The average molecular weight is 268 g/mol. The van der Waals surface area contributed by atoms with Gasteiger partial charge in [0.2, 0.25) is 0 Å². The van der Waals surface area contributed by atoms with Crippen molar-refractivity contribution < 1.29 is 4.74 Å². The lowest BCUT2D eigenvalue weighted by molar-refractivity contribution is 0.306. The van der Waals surface area contributed by atoms with Gasteiger partial charge in [-0.3, -0.25) is 4.98 Å². The van der Waals surface area contributed by atoms with Crippen LogP contribution in [0.1, 0.15) is 11.1 Å². The normalized spacial score (nSPS) is 10.2. The van der Waals surface area contributed by atoms with Gasteiger partial charge in [-0.2, -0.15) is 0 Å². The topological polar surface area (TPSA) is 22.1 Å². The van der Waals surface area contributed by atoms with Crippen LogP contribution in [0, 0.1) is 0 Å². The molecule has 2 aromatic rings. The molecule has 2 rings (SSSR count). The maximum atomic E-state index is 6.08. The lowest BCUT2D eigenvalue weighted by Crippen LogP contribution is -1.96. The highest BCUT2D eigenvalue weighted by atomic mass is 35.5. The average Bonchev–Trinajstić information content (AvgIpc) is 2.38. The molecule has 1 heterocycles. The summed E-state index contributed by atoms with van der Waals surface area (Å²) in [6.45, 7) is 0.475. The molecule has 0 aliphatic carbocycles. The molecule has 88 valence electrons. The van der Waals surface area contributed by atoms with E-state index in [-0.39, 0.29) is 0 Å². The van der Waals surface area contributed by atoms with Crippen LogP contribution in [0.2, 0.25) is 5.02 Å². The van der Waals surface area contributed by atoms with Crippen LogP contribution >= 0.6 is 23.2 Å². The first-order chi connectivity index (χ1) is 8.29. The number of halogens is 2. The number of hydrogen-bond donors (Lipinski definition) is 0. The van der Waals surface area contributed by atoms with Crippen molar-refractivity contribution in [2.24, 2.45) is 0 Å². The molecule has 4 heteroatoms. The van der Waals surface area contributed by atoms with Crippen molar-refractivity contribution in [2.45, 2.75) is 12.5 Å². The fourth-order valence-corrected chi connectivity index (χ4v) is 1.81. The molecule has 0 saturated heterocycles. The molecular weight excluding hydrogens is 257 g/mol. The highest BCUT2D eigenvalue weighted by molar-refractivity contribution is 6.32. The molecule has 0 bridgehead atoms. The largest absolute Gasteiger partial charge is 0.487 e. The van der Waals surface area contributed by atoms with Gasteiger partial charge in [0.25, 0.3) is 0 Å². The van der Waals surface area contributed by atoms with Gasteiger partial charge in [-0.15, -0.1) is 11.6 Å². The summed E-state index contributed by atoms with van der Waals surface area (Å²) in [7, 11) is 0. The molecule has 1 aromatic carbocycles. The Bertz CT molecular complexity index is 488. The van der Waals surface area contributed by atoms with E-state index in [1.165, 1.54) is 0 Å². The molecule has 0 amide bonds. The first kappa shape index (κ1) is 12.2. The van der Waals surface area contributed by atoms with E-state index in [1.807, 2.05) is 30.3 Å². The quantitative estimate of drug-likeness (QED) is 0.780. The third-order valence-corrected chi connectivity index (χ3v) is 2.90. The van der Waals surface area contributed by atoms with E-state index in [9.17, 15) is 0 Å². The minimum atomic E-state index is 0.449. The van der Waals surface area contributed by atoms with Gasteiger partial charge in [0.15, 0.2) is 0 Å². The Hall–Kier alpha value is -1.25. The number of alkyl halides is 1. The first-order valence-corrected chi connectivity index (χ1v) is 6.07. The molecule has 2 nitrogen and oxygen atoms in total. The van der Waals surface area contributed by atoms with Crippen LogP contribution in [-0.4, -0.2) is 4.98 Å². The standard InChI is InChI=1S/C13H11Cl2NO/c14-8-11-1-2-13(12(15)7-11)17-9-10-3-5-16-6-4-10/h1-7H,8-9H2. The number of pyridine rings is 1. The summed E-state index contributed by atoms with van der Waals surface area (Å²) in [6.07, 6.45) is 3.47. The third kappa shape index (κ3) is 3.35. The summed E-state index contributed by atoms with van der Waals surface area (Å²) in [5.74, 6) is 1.11. The second kappa shape index (κ2) is 5.89. The maximum absolute atomic E-state index is 6.08. The van der Waals surface area contributed by atoms with Gasteiger partial charge >= 0.3 is 0 Å². The van der Waals surface area contributed by atoms with E-state index >= 15 is 0 Å². The molecule has 0 saturated carbocycles. The van der Waals surface area contributed by atoms with Crippen molar-refractivity contribution in [3.8, 4) is 5.75 Å². The Morgan fingerprint density at radius 2 is 1.82 bits per heavy atom. The Kier molecular flexibility index (Phi) is 4.24. The van der Waals surface area contributed by atoms with Crippen LogP contribution in [0.25, 0.3) is 0 Å². The molecule has 0 aliphatic rings. The summed E-state index contributed by atoms with van der Waals surface area (Å²) in [5, 5.41) is 0.581. The first-order valence-electron chi connectivity index (χ1n) is 5.15. The van der Waals surface area contributed by atoms with Crippen LogP contribution in [-0.2, 0) is 12.5 Å². The minimum Gasteiger partial charge on any atom is -0.487 e. The van der Waals surface area contributed by atoms with Crippen molar-refractivity contribution in [1.82, 2.24) is 4.98 Å². The van der Waals surface area contributed by atoms with E-state index in [4.69, 9.17) is 27.9 Å². The monoisotopic (exact) mass is 267 g/mol. The highest BCUT2D eigenvalue weighted by Crippen LogP contribution is 2.26. The van der Waals surface area contributed by atoms with Crippen molar-refractivity contribution in [1.29, 1.82) is 0 Å². The summed E-state index contributed by atoms with van der Waals surface area (Å²) in [5.41, 5.74) is 2.03. The lowest BCUT2D eigenvalue weighted by Gasteiger charge is -2.08. The second-order valence-corrected chi connectivity index (χ2v) is 4.22. The van der Waals surface area contributed by atoms with Crippen molar-refractivity contribution in [3.05, 3.63) is 58.9 Å². The molecule has 0 fully saturated rings. The van der Waals surface area contributed by atoms with Crippen molar-refractivity contribution in [2.75, 3.05) is 0 Å². The summed E-state index contributed by atoms with van der Waals surface area (Å²) in [4.78, 5) is 3.94. The van der Waals surface area contributed by atoms with Gasteiger partial charge in [0.1, 0.15) is 12.4 Å². The predicted octanol–water partition coefficient (Wildman–Crippen LogP) is 4.05. The smallest absolute Gasteiger partial charge is 0.138 e. The highest BCUT2D eigenvalue weighted by Gasteiger charge is 2.03. The van der Waals surface area contributed by atoms with E-state index in [1.54, 1.807) is 12.4 Å². The molecular formula is C13H11Cl2NO. The number of benzene rings is 1. The zero-order chi connectivity index (χ0) is 12.1. The van der Waals surface area contributed by atoms with E-state index in [2.05, 4.69) is 4.98 Å². The Morgan fingerprint density at radius 1 is 1.06 bits per heavy atom. The third-order valence-electron chi connectivity index (χ3n) is 2.29. The van der Waals surface area contributed by atoms with Gasteiger partial charge in [-0.1, -0.05) is 17.7 Å². The summed E-state index contributed by atoms with van der Waals surface area (Å²) < 4.78 is 5.62. The van der Waals surface area contributed by atoms with Gasteiger partial charge in [0.05, 0.1) is 5.02 Å². The summed E-state index contributed by atoms with van der Waals surface area (Å²) in [6, 6.07) is 9.36. The molecule has 17 heavy (non-hydrogen) atoms. The van der Waals surface area contributed by atoms with E-state index in [0.29, 0.717) is 23.3 Å². The molecule has 0 aliphatic heterocycles. The molecule has 1 aromatic heterocycles. The number of aromatic nitrogens is 1. The zero-order valence-corrected chi connectivity index (χ0v) is 10.6. The van der Waals surface area contributed by atoms with Crippen molar-refractivity contribution >= 4 is 23.2 Å². The maximum Gasteiger partial charge on any atom is 0.138 e. The molecule has 0 atom stereocenters. The number of hydrogen-bond acceptors (Lipinski definition) is 2. The van der Waals surface area contributed by atoms with Gasteiger partial charge < -0.3 is 4.74 Å². The molecule has 0 N–H and O–H groups in total. The Labute approximate surface area is 110 Å². The van der Waals surface area contributed by atoms with Crippen molar-refractivity contribution in [3.63, 3.8) is 0 Å². The number of nitrogens with zero attached hydrogens (tertiary/aromatic N) is 1. The van der Waals surface area contributed by atoms with E-state index in [0.717, 1.165) is 11.1 Å². The fourth-order valence-electron chi connectivity index (χ4n) is 1.38. The zero-order valence-electron chi connectivity index (χ0n) is 9.07. The van der Waals surface area contributed by atoms with Crippen LogP contribution < -0.4 is 4.74 Å². The van der Waals surface area contributed by atoms with Gasteiger partial charge in [0, 0.05) is 18.3 Å². The summed E-state index contributed by atoms with van der Waals surface area (Å²) >= 11 is 11.8. The van der Waals surface area contributed by atoms with Gasteiger partial charge in [-0.05, 0) is 35.4 Å². The molecule has 0 spiro atoms. The molecule has 0 unspecified atom stereocenters. The predicted molar refractivity (Wildman–Crippen MR) is 69.6 cm³/mol. The lowest BCUT2D eigenvalue weighted by atomic mass is 10.2. The second-order valence-electron chi connectivity index (χ2n) is 3.54. The van der Waals surface area contributed by atoms with Gasteiger partial charge in [-0.25, -0.2) is 0 Å². The number of rotatable bonds is 4. The molecule has 0 radical (unpaired) electrons. The van der Waals surface area contributed by atoms with Crippen LogP contribution in [0.5, 0.6) is 5.75 Å². The van der Waals surface area contributed by atoms with Crippen LogP contribution in [0.4, 0.5) is 0 Å². The van der Waals surface area contributed by atoms with E-state index < -0.39 is 0 Å². The Balaban J connectivity index is 2.04. The Morgan fingerprint density at radius 3 is 2.47 bits per heavy atom. The fraction of sp³-hybridized carbons (Fsp3) is 0.154. The van der Waals surface area contributed by atoms with Crippen LogP contribution in [0.15, 0.2) is 42.7 Å². The van der Waals surface area contributed by atoms with Crippen LogP contribution in [0.3, 0.4) is 0 Å². The SMILES string of the molecule is ClCc1ccc(OCc2ccncc2)c(Cl)c1. The minimum absolute atomic E-state index is 0.449.